The number of hydrogen-bond donors (Lipinski definition) is 1. The third-order valence-electron chi connectivity index (χ3n) is 2.63. The first-order valence-corrected chi connectivity index (χ1v) is 7.62. The van der Waals surface area contributed by atoms with Crippen molar-refractivity contribution in [2.75, 3.05) is 6.61 Å². The molecular formula is C13H17NOS2. The number of thiazole rings is 1. The monoisotopic (exact) mass is 267 g/mol. The summed E-state index contributed by atoms with van der Waals surface area (Å²) in [6.45, 7) is 2.33. The second-order valence-electron chi connectivity index (χ2n) is 4.11. The molecule has 0 spiro atoms. The number of aliphatic hydroxyl groups is 1. The zero-order valence-electron chi connectivity index (χ0n) is 9.98. The molecule has 2 aromatic heterocycles. The summed E-state index contributed by atoms with van der Waals surface area (Å²) in [6, 6.07) is 2.26. The highest BCUT2D eigenvalue weighted by atomic mass is 32.1. The van der Waals surface area contributed by atoms with Crippen LogP contribution in [0.3, 0.4) is 0 Å². The molecule has 0 saturated carbocycles. The maximum atomic E-state index is 8.79. The van der Waals surface area contributed by atoms with Crippen molar-refractivity contribution in [3.8, 4) is 0 Å². The summed E-state index contributed by atoms with van der Waals surface area (Å²) in [5.41, 5.74) is 2.60. The van der Waals surface area contributed by atoms with E-state index < -0.39 is 0 Å². The fourth-order valence-corrected chi connectivity index (χ4v) is 3.35. The topological polar surface area (TPSA) is 33.1 Å². The molecule has 0 aliphatic rings. The number of aromatic nitrogens is 1. The van der Waals surface area contributed by atoms with Crippen LogP contribution in [-0.2, 0) is 19.3 Å². The van der Waals surface area contributed by atoms with Crippen molar-refractivity contribution in [3.05, 3.63) is 38.0 Å². The van der Waals surface area contributed by atoms with Crippen LogP contribution in [0, 0.1) is 6.92 Å². The maximum Gasteiger partial charge on any atom is 0.0897 e. The Morgan fingerprint density at radius 2 is 2.06 bits per heavy atom. The molecule has 0 unspecified atom stereocenters. The molecule has 17 heavy (non-hydrogen) atoms. The van der Waals surface area contributed by atoms with Gasteiger partial charge in [-0.1, -0.05) is 0 Å². The summed E-state index contributed by atoms with van der Waals surface area (Å²) < 4.78 is 0. The van der Waals surface area contributed by atoms with Gasteiger partial charge >= 0.3 is 0 Å². The quantitative estimate of drug-likeness (QED) is 0.871. The van der Waals surface area contributed by atoms with Crippen molar-refractivity contribution < 1.29 is 5.11 Å². The molecule has 0 fully saturated rings. The molecule has 1 N–H and O–H groups in total. The Morgan fingerprint density at radius 1 is 1.18 bits per heavy atom. The lowest BCUT2D eigenvalue weighted by Crippen LogP contribution is -1.90. The first-order valence-electron chi connectivity index (χ1n) is 5.86. The van der Waals surface area contributed by atoms with Crippen molar-refractivity contribution in [3.63, 3.8) is 0 Å². The largest absolute Gasteiger partial charge is 0.396 e. The fraction of sp³-hybridized carbons (Fsp3) is 0.462. The Bertz CT molecular complexity index is 461. The predicted molar refractivity (Wildman–Crippen MR) is 74.0 cm³/mol. The van der Waals surface area contributed by atoms with E-state index in [2.05, 4.69) is 21.8 Å². The van der Waals surface area contributed by atoms with Gasteiger partial charge in [0.2, 0.25) is 0 Å². The lowest BCUT2D eigenvalue weighted by atomic mass is 10.1. The Hall–Kier alpha value is -0.710. The van der Waals surface area contributed by atoms with Crippen molar-refractivity contribution in [1.82, 2.24) is 4.98 Å². The van der Waals surface area contributed by atoms with Crippen LogP contribution in [0.1, 0.15) is 27.6 Å². The first-order chi connectivity index (χ1) is 8.28. The second kappa shape index (κ2) is 6.28. The van der Waals surface area contributed by atoms with Crippen LogP contribution in [0.5, 0.6) is 0 Å². The molecule has 0 atom stereocenters. The van der Waals surface area contributed by atoms with Crippen molar-refractivity contribution in [2.45, 2.75) is 32.6 Å². The summed E-state index contributed by atoms with van der Waals surface area (Å²) in [7, 11) is 0. The number of rotatable bonds is 6. The average molecular weight is 267 g/mol. The average Bonchev–Trinajstić information content (AvgIpc) is 2.93. The Balaban J connectivity index is 1.84. The van der Waals surface area contributed by atoms with E-state index in [9.17, 15) is 0 Å². The van der Waals surface area contributed by atoms with Crippen LogP contribution in [0.25, 0.3) is 0 Å². The van der Waals surface area contributed by atoms with Gasteiger partial charge in [0.1, 0.15) is 0 Å². The van der Waals surface area contributed by atoms with E-state index in [-0.39, 0.29) is 6.61 Å². The van der Waals surface area contributed by atoms with E-state index in [0.717, 1.165) is 30.7 Å². The molecule has 0 aliphatic carbocycles. The molecule has 92 valence electrons. The van der Waals surface area contributed by atoms with Gasteiger partial charge in [0.05, 0.1) is 10.7 Å². The van der Waals surface area contributed by atoms with Crippen LogP contribution in [0.4, 0.5) is 0 Å². The molecule has 4 heteroatoms. The van der Waals surface area contributed by atoms with Crippen molar-refractivity contribution >= 4 is 22.7 Å². The summed E-state index contributed by atoms with van der Waals surface area (Å²) >= 11 is 3.52. The highest BCUT2D eigenvalue weighted by molar-refractivity contribution is 7.10. The number of nitrogens with zero attached hydrogens (tertiary/aromatic N) is 1. The van der Waals surface area contributed by atoms with Crippen LogP contribution in [0.2, 0.25) is 0 Å². The third kappa shape index (κ3) is 3.91. The zero-order chi connectivity index (χ0) is 12.1. The second-order valence-corrected chi connectivity index (χ2v) is 6.16. The molecule has 2 heterocycles. The maximum absolute atomic E-state index is 8.79. The number of aryl methyl sites for hydroxylation is 4. The Morgan fingerprint density at radius 3 is 2.76 bits per heavy atom. The first kappa shape index (κ1) is 12.7. The number of hydrogen-bond acceptors (Lipinski definition) is 4. The van der Waals surface area contributed by atoms with E-state index in [1.54, 1.807) is 22.7 Å². The van der Waals surface area contributed by atoms with Crippen LogP contribution in [-0.4, -0.2) is 16.7 Å². The highest BCUT2D eigenvalue weighted by Crippen LogP contribution is 2.18. The van der Waals surface area contributed by atoms with E-state index in [4.69, 9.17) is 5.11 Å². The fourth-order valence-electron chi connectivity index (χ4n) is 1.74. The minimum atomic E-state index is 0.283. The Labute approximate surface area is 110 Å². The highest BCUT2D eigenvalue weighted by Gasteiger charge is 2.02. The zero-order valence-corrected chi connectivity index (χ0v) is 11.6. The van der Waals surface area contributed by atoms with Gasteiger partial charge in [0.25, 0.3) is 0 Å². The standard InChI is InChI=1S/C13H17NOS2/c1-10-14-12(9-16-10)5-4-11-7-13(17-8-11)3-2-6-15/h7-9,15H,2-6H2,1H3. The number of aliphatic hydroxyl groups excluding tert-OH is 1. The van der Waals surface area contributed by atoms with Gasteiger partial charge in [-0.05, 0) is 49.6 Å². The van der Waals surface area contributed by atoms with Crippen LogP contribution < -0.4 is 0 Å². The van der Waals surface area contributed by atoms with E-state index >= 15 is 0 Å². The van der Waals surface area contributed by atoms with Gasteiger partial charge < -0.3 is 5.11 Å². The molecule has 0 bridgehead atoms. The van der Waals surface area contributed by atoms with Crippen molar-refractivity contribution in [1.29, 1.82) is 0 Å². The molecule has 2 rings (SSSR count). The lowest BCUT2D eigenvalue weighted by molar-refractivity contribution is 0.289. The number of thiophene rings is 1. The third-order valence-corrected chi connectivity index (χ3v) is 4.49. The van der Waals surface area contributed by atoms with Gasteiger partial charge in [-0.25, -0.2) is 4.98 Å². The molecular weight excluding hydrogens is 250 g/mol. The molecule has 0 amide bonds. The minimum Gasteiger partial charge on any atom is -0.396 e. The van der Waals surface area contributed by atoms with Gasteiger partial charge in [-0.15, -0.1) is 22.7 Å². The molecule has 2 aromatic rings. The van der Waals surface area contributed by atoms with Crippen LogP contribution >= 0.6 is 22.7 Å². The SMILES string of the molecule is Cc1nc(CCc2csc(CCCO)c2)cs1. The lowest BCUT2D eigenvalue weighted by Gasteiger charge is -1.95. The molecule has 0 radical (unpaired) electrons. The summed E-state index contributed by atoms with van der Waals surface area (Å²) in [5, 5.41) is 14.3. The van der Waals surface area contributed by atoms with E-state index in [1.807, 2.05) is 6.92 Å². The van der Waals surface area contributed by atoms with Gasteiger partial charge in [0.15, 0.2) is 0 Å². The summed E-state index contributed by atoms with van der Waals surface area (Å²) in [6.07, 6.45) is 3.96. The van der Waals surface area contributed by atoms with E-state index in [0.29, 0.717) is 0 Å². The molecule has 2 nitrogen and oxygen atoms in total. The van der Waals surface area contributed by atoms with Gasteiger partial charge in [-0.2, -0.15) is 0 Å². The molecule has 0 aliphatic heterocycles. The molecule has 0 saturated heterocycles. The van der Waals surface area contributed by atoms with E-state index in [1.165, 1.54) is 16.1 Å². The smallest absolute Gasteiger partial charge is 0.0897 e. The van der Waals surface area contributed by atoms with Crippen molar-refractivity contribution in [2.24, 2.45) is 0 Å². The van der Waals surface area contributed by atoms with Gasteiger partial charge in [0, 0.05) is 16.9 Å². The van der Waals surface area contributed by atoms with Crippen LogP contribution in [0.15, 0.2) is 16.8 Å². The predicted octanol–water partition coefficient (Wildman–Crippen LogP) is 3.22. The Kier molecular flexibility index (Phi) is 4.71. The molecule has 0 aromatic carbocycles. The summed E-state index contributed by atoms with van der Waals surface area (Å²) in [4.78, 5) is 5.85. The summed E-state index contributed by atoms with van der Waals surface area (Å²) in [5.74, 6) is 0. The minimum absolute atomic E-state index is 0.283. The van der Waals surface area contributed by atoms with Gasteiger partial charge in [-0.3, -0.25) is 0 Å². The normalized spacial score (nSPS) is 10.9.